The van der Waals surface area contributed by atoms with Crippen LogP contribution in [0.15, 0.2) is 53.7 Å². The lowest BCUT2D eigenvalue weighted by Gasteiger charge is -2.24. The maximum atomic E-state index is 12.8. The van der Waals surface area contributed by atoms with Gasteiger partial charge in [-0.2, -0.15) is 0 Å². The quantitative estimate of drug-likeness (QED) is 0.902. The molecule has 3 rings (SSSR count). The lowest BCUT2D eigenvalue weighted by atomic mass is 10.1. The fraction of sp³-hybridized carbons (Fsp3) is 0.143. The molecule has 21 heavy (non-hydrogen) atoms. The van der Waals surface area contributed by atoms with Crippen molar-refractivity contribution in [3.05, 3.63) is 54.4 Å². The number of aromatic nitrogens is 1. The molecule has 0 radical (unpaired) electrons. The van der Waals surface area contributed by atoms with Gasteiger partial charge in [-0.15, -0.1) is 0 Å². The van der Waals surface area contributed by atoms with Crippen LogP contribution in [0.5, 0.6) is 0 Å². The smallest absolute Gasteiger partial charge is 0.266 e. The molecule has 1 atom stereocenters. The van der Waals surface area contributed by atoms with Crippen molar-refractivity contribution in [1.29, 1.82) is 0 Å². The highest BCUT2D eigenvalue weighted by Gasteiger charge is 2.41. The van der Waals surface area contributed by atoms with E-state index in [-0.39, 0.29) is 11.3 Å². The van der Waals surface area contributed by atoms with Crippen molar-refractivity contribution in [1.82, 2.24) is 4.98 Å². The molecule has 1 aromatic carbocycles. The van der Waals surface area contributed by atoms with E-state index < -0.39 is 22.0 Å². The number of primary amides is 1. The number of sulfonamides is 1. The molecule has 6 nitrogen and oxygen atoms in total. The highest BCUT2D eigenvalue weighted by atomic mass is 32.2. The van der Waals surface area contributed by atoms with E-state index in [1.165, 1.54) is 24.5 Å². The Bertz CT molecular complexity index is 790. The first-order valence-electron chi connectivity index (χ1n) is 6.33. The predicted octanol–water partition coefficient (Wildman–Crippen LogP) is 0.687. The molecule has 1 aromatic heterocycles. The van der Waals surface area contributed by atoms with Crippen LogP contribution in [-0.4, -0.2) is 25.4 Å². The van der Waals surface area contributed by atoms with E-state index in [4.69, 9.17) is 5.73 Å². The van der Waals surface area contributed by atoms with E-state index in [0.29, 0.717) is 5.69 Å². The Morgan fingerprint density at radius 2 is 2.00 bits per heavy atom. The average molecular weight is 303 g/mol. The molecular weight excluding hydrogens is 290 g/mol. The van der Waals surface area contributed by atoms with Crippen LogP contribution in [0.4, 0.5) is 5.69 Å². The van der Waals surface area contributed by atoms with E-state index in [0.717, 1.165) is 9.87 Å². The van der Waals surface area contributed by atoms with Crippen LogP contribution in [0.3, 0.4) is 0 Å². The topological polar surface area (TPSA) is 93.4 Å². The number of carbonyl (C=O) groups excluding carboxylic acids is 1. The second-order valence-corrected chi connectivity index (χ2v) is 6.56. The Morgan fingerprint density at radius 1 is 1.24 bits per heavy atom. The predicted molar refractivity (Wildman–Crippen MR) is 77.0 cm³/mol. The molecule has 1 aliphatic heterocycles. The summed E-state index contributed by atoms with van der Waals surface area (Å²) < 4.78 is 26.7. The van der Waals surface area contributed by atoms with Crippen molar-refractivity contribution >= 4 is 21.6 Å². The van der Waals surface area contributed by atoms with Crippen LogP contribution in [0.1, 0.15) is 5.56 Å². The molecule has 0 saturated heterocycles. The van der Waals surface area contributed by atoms with Crippen molar-refractivity contribution in [2.45, 2.75) is 17.4 Å². The first kappa shape index (κ1) is 13.6. The van der Waals surface area contributed by atoms with Gasteiger partial charge in [-0.3, -0.25) is 14.1 Å². The van der Waals surface area contributed by atoms with Crippen molar-refractivity contribution < 1.29 is 13.2 Å². The number of pyridine rings is 1. The third-order valence-electron chi connectivity index (χ3n) is 3.45. The molecule has 2 heterocycles. The molecule has 1 unspecified atom stereocenters. The first-order chi connectivity index (χ1) is 10.0. The van der Waals surface area contributed by atoms with Gasteiger partial charge >= 0.3 is 0 Å². The molecule has 0 spiro atoms. The minimum absolute atomic E-state index is 0.0351. The lowest BCUT2D eigenvalue weighted by molar-refractivity contribution is -0.118. The van der Waals surface area contributed by atoms with E-state index in [1.807, 2.05) is 0 Å². The van der Waals surface area contributed by atoms with Crippen LogP contribution in [0, 0.1) is 0 Å². The fourth-order valence-corrected chi connectivity index (χ4v) is 4.11. The van der Waals surface area contributed by atoms with Crippen LogP contribution in [-0.2, 0) is 21.2 Å². The number of para-hydroxylation sites is 1. The minimum atomic E-state index is -3.88. The summed E-state index contributed by atoms with van der Waals surface area (Å²) in [5, 5.41) is 0. The number of anilines is 1. The molecule has 2 N–H and O–H groups in total. The standard InChI is InChI=1S/C14H13N3O3S/c15-14(18)13-8-10-4-1-2-6-12(10)17(13)21(19,20)11-5-3-7-16-9-11/h1-7,9,13H,8H2,(H2,15,18). The maximum absolute atomic E-state index is 12.8. The zero-order chi connectivity index (χ0) is 15.0. The second-order valence-electron chi connectivity index (χ2n) is 4.74. The zero-order valence-electron chi connectivity index (χ0n) is 11.0. The summed E-state index contributed by atoms with van der Waals surface area (Å²) in [5.41, 5.74) is 6.66. The Morgan fingerprint density at radius 3 is 2.67 bits per heavy atom. The van der Waals surface area contributed by atoms with E-state index in [1.54, 1.807) is 24.3 Å². The third kappa shape index (κ3) is 2.15. The number of benzene rings is 1. The average Bonchev–Trinajstić information content (AvgIpc) is 2.88. The monoisotopic (exact) mass is 303 g/mol. The van der Waals surface area contributed by atoms with Gasteiger partial charge in [0.1, 0.15) is 10.9 Å². The van der Waals surface area contributed by atoms with E-state index >= 15 is 0 Å². The van der Waals surface area contributed by atoms with E-state index in [9.17, 15) is 13.2 Å². The molecule has 1 aliphatic rings. The van der Waals surface area contributed by atoms with Crippen LogP contribution >= 0.6 is 0 Å². The van der Waals surface area contributed by atoms with Gasteiger partial charge in [0.05, 0.1) is 5.69 Å². The number of hydrogen-bond donors (Lipinski definition) is 1. The lowest BCUT2D eigenvalue weighted by Crippen LogP contribution is -2.45. The van der Waals surface area contributed by atoms with Gasteiger partial charge in [-0.05, 0) is 23.8 Å². The molecule has 2 aromatic rings. The molecule has 108 valence electrons. The summed E-state index contributed by atoms with van der Waals surface area (Å²) in [6.07, 6.45) is 3.03. The van der Waals surface area contributed by atoms with Gasteiger partial charge in [-0.1, -0.05) is 18.2 Å². The number of nitrogens with two attached hydrogens (primary N) is 1. The Labute approximate surface area is 122 Å². The van der Waals surface area contributed by atoms with Crippen LogP contribution in [0.2, 0.25) is 0 Å². The maximum Gasteiger partial charge on any atom is 0.266 e. The number of hydrogen-bond acceptors (Lipinski definition) is 4. The number of amides is 1. The van der Waals surface area contributed by atoms with Crippen molar-refractivity contribution in [2.24, 2.45) is 5.73 Å². The number of carbonyl (C=O) groups is 1. The SMILES string of the molecule is NC(=O)C1Cc2ccccc2N1S(=O)(=O)c1cccnc1. The molecule has 1 amide bonds. The van der Waals surface area contributed by atoms with Crippen molar-refractivity contribution in [3.63, 3.8) is 0 Å². The summed E-state index contributed by atoms with van der Waals surface area (Å²) >= 11 is 0. The van der Waals surface area contributed by atoms with Crippen LogP contribution < -0.4 is 10.0 Å². The largest absolute Gasteiger partial charge is 0.368 e. The molecular formula is C14H13N3O3S. The summed E-state index contributed by atoms with van der Waals surface area (Å²) in [4.78, 5) is 15.5. The molecule has 0 aliphatic carbocycles. The molecule has 7 heteroatoms. The third-order valence-corrected chi connectivity index (χ3v) is 5.25. The highest BCUT2D eigenvalue weighted by molar-refractivity contribution is 7.93. The summed E-state index contributed by atoms with van der Waals surface area (Å²) in [6.45, 7) is 0. The number of fused-ring (bicyclic) bond motifs is 1. The van der Waals surface area contributed by atoms with Gasteiger partial charge in [0.2, 0.25) is 5.91 Å². The van der Waals surface area contributed by atoms with Gasteiger partial charge in [-0.25, -0.2) is 8.42 Å². The second kappa shape index (κ2) is 4.85. The number of rotatable bonds is 3. The summed E-state index contributed by atoms with van der Waals surface area (Å²) in [7, 11) is -3.88. The van der Waals surface area contributed by atoms with Crippen molar-refractivity contribution in [3.8, 4) is 0 Å². The number of nitrogens with zero attached hydrogens (tertiary/aromatic N) is 2. The normalized spacial score (nSPS) is 17.5. The Hall–Kier alpha value is -2.41. The van der Waals surface area contributed by atoms with Crippen molar-refractivity contribution in [2.75, 3.05) is 4.31 Å². The molecule has 0 saturated carbocycles. The Kier molecular flexibility index (Phi) is 3.13. The van der Waals surface area contributed by atoms with Gasteiger partial charge in [0.25, 0.3) is 10.0 Å². The first-order valence-corrected chi connectivity index (χ1v) is 7.77. The molecule has 0 fully saturated rings. The highest BCUT2D eigenvalue weighted by Crippen LogP contribution is 2.36. The minimum Gasteiger partial charge on any atom is -0.368 e. The van der Waals surface area contributed by atoms with Gasteiger partial charge in [0, 0.05) is 18.8 Å². The van der Waals surface area contributed by atoms with Gasteiger partial charge < -0.3 is 5.73 Å². The van der Waals surface area contributed by atoms with E-state index in [2.05, 4.69) is 4.98 Å². The summed E-state index contributed by atoms with van der Waals surface area (Å²) in [5.74, 6) is -0.668. The fourth-order valence-electron chi connectivity index (χ4n) is 2.48. The van der Waals surface area contributed by atoms with Gasteiger partial charge in [0.15, 0.2) is 0 Å². The summed E-state index contributed by atoms with van der Waals surface area (Å²) in [6, 6.07) is 9.07. The molecule has 0 bridgehead atoms. The Balaban J connectivity index is 2.17. The zero-order valence-corrected chi connectivity index (χ0v) is 11.8. The van der Waals surface area contributed by atoms with Crippen LogP contribution in [0.25, 0.3) is 0 Å².